The lowest BCUT2D eigenvalue weighted by Gasteiger charge is -2.35. The molecule has 0 radical (unpaired) electrons. The van der Waals surface area contributed by atoms with E-state index in [1.165, 1.54) is 4.90 Å². The Morgan fingerprint density at radius 2 is 1.95 bits per heavy atom. The number of aromatic nitrogens is 2. The molecule has 1 aliphatic heterocycles. The standard InChI is InChI=1S/C13H19N5O2/c1-8(2)18-5-4-17(12(19)13(18)20)7-11-15-9(3)6-10(14)16-11/h6,8H,4-5,7H2,1-3H3,(H2,14,15,16). The maximum absolute atomic E-state index is 12.1. The van der Waals surface area contributed by atoms with Gasteiger partial charge >= 0.3 is 11.8 Å². The Morgan fingerprint density at radius 3 is 2.55 bits per heavy atom. The zero-order valence-corrected chi connectivity index (χ0v) is 12.0. The Balaban J connectivity index is 2.11. The van der Waals surface area contributed by atoms with E-state index in [1.54, 1.807) is 11.0 Å². The first-order valence-corrected chi connectivity index (χ1v) is 6.58. The molecule has 0 aromatic carbocycles. The van der Waals surface area contributed by atoms with Gasteiger partial charge in [0.15, 0.2) is 0 Å². The second-order valence-electron chi connectivity index (χ2n) is 5.17. The smallest absolute Gasteiger partial charge is 0.312 e. The van der Waals surface area contributed by atoms with Crippen molar-refractivity contribution >= 4 is 17.6 Å². The minimum atomic E-state index is -0.506. The number of piperazine rings is 1. The zero-order valence-electron chi connectivity index (χ0n) is 12.0. The molecule has 2 amide bonds. The van der Waals surface area contributed by atoms with E-state index in [4.69, 9.17) is 5.73 Å². The molecule has 0 atom stereocenters. The summed E-state index contributed by atoms with van der Waals surface area (Å²) in [5, 5.41) is 0. The molecule has 1 aliphatic rings. The van der Waals surface area contributed by atoms with Crippen LogP contribution >= 0.6 is 0 Å². The number of amides is 2. The number of carbonyl (C=O) groups excluding carboxylic acids is 2. The number of hydrogen-bond donors (Lipinski definition) is 1. The summed E-state index contributed by atoms with van der Waals surface area (Å²) in [6, 6.07) is 1.69. The van der Waals surface area contributed by atoms with Crippen LogP contribution in [0.4, 0.5) is 5.82 Å². The summed E-state index contributed by atoms with van der Waals surface area (Å²) in [6.45, 7) is 6.83. The second-order valence-corrected chi connectivity index (χ2v) is 5.17. The van der Waals surface area contributed by atoms with Crippen LogP contribution in [0, 0.1) is 6.92 Å². The first-order chi connectivity index (χ1) is 9.38. The van der Waals surface area contributed by atoms with Gasteiger partial charge in [-0.1, -0.05) is 0 Å². The highest BCUT2D eigenvalue weighted by molar-refractivity contribution is 6.35. The summed E-state index contributed by atoms with van der Waals surface area (Å²) in [7, 11) is 0. The van der Waals surface area contributed by atoms with Gasteiger partial charge < -0.3 is 15.5 Å². The normalized spacial score (nSPS) is 16.2. The molecule has 0 aliphatic carbocycles. The molecular formula is C13H19N5O2. The third kappa shape index (κ3) is 2.87. The molecule has 1 aromatic heterocycles. The second kappa shape index (κ2) is 5.44. The van der Waals surface area contributed by atoms with E-state index < -0.39 is 11.8 Å². The minimum Gasteiger partial charge on any atom is -0.384 e. The number of rotatable bonds is 3. The molecule has 7 nitrogen and oxygen atoms in total. The van der Waals surface area contributed by atoms with Gasteiger partial charge in [-0.15, -0.1) is 0 Å². The highest BCUT2D eigenvalue weighted by atomic mass is 16.2. The van der Waals surface area contributed by atoms with E-state index in [2.05, 4.69) is 9.97 Å². The number of nitrogen functional groups attached to an aromatic ring is 1. The van der Waals surface area contributed by atoms with Crippen LogP contribution in [0.15, 0.2) is 6.07 Å². The summed E-state index contributed by atoms with van der Waals surface area (Å²) in [6.07, 6.45) is 0. The SMILES string of the molecule is Cc1cc(N)nc(CN2CCN(C(C)C)C(=O)C2=O)n1. The molecule has 108 valence electrons. The monoisotopic (exact) mass is 277 g/mol. The van der Waals surface area contributed by atoms with Crippen molar-refractivity contribution in [3.8, 4) is 0 Å². The molecule has 1 fully saturated rings. The van der Waals surface area contributed by atoms with Crippen molar-refractivity contribution < 1.29 is 9.59 Å². The van der Waals surface area contributed by atoms with E-state index >= 15 is 0 Å². The molecule has 7 heteroatoms. The molecule has 0 bridgehead atoms. The average Bonchev–Trinajstić information content (AvgIpc) is 2.33. The first-order valence-electron chi connectivity index (χ1n) is 6.58. The molecule has 1 aromatic rings. The minimum absolute atomic E-state index is 0.0273. The van der Waals surface area contributed by atoms with Crippen molar-refractivity contribution in [1.82, 2.24) is 19.8 Å². The Kier molecular flexibility index (Phi) is 3.87. The van der Waals surface area contributed by atoms with Gasteiger partial charge in [0.1, 0.15) is 11.6 Å². The first kappa shape index (κ1) is 14.2. The fourth-order valence-electron chi connectivity index (χ4n) is 2.23. The topological polar surface area (TPSA) is 92.4 Å². The van der Waals surface area contributed by atoms with Crippen LogP contribution in [0.25, 0.3) is 0 Å². The van der Waals surface area contributed by atoms with Crippen molar-refractivity contribution in [3.63, 3.8) is 0 Å². The van der Waals surface area contributed by atoms with Gasteiger partial charge in [0.2, 0.25) is 0 Å². The van der Waals surface area contributed by atoms with Crippen LogP contribution in [0.3, 0.4) is 0 Å². The zero-order chi connectivity index (χ0) is 14.9. The fraction of sp³-hybridized carbons (Fsp3) is 0.538. The van der Waals surface area contributed by atoms with Gasteiger partial charge in [0.05, 0.1) is 6.54 Å². The lowest BCUT2D eigenvalue weighted by molar-refractivity contribution is -0.157. The third-order valence-electron chi connectivity index (χ3n) is 3.22. The van der Waals surface area contributed by atoms with Crippen molar-refractivity contribution in [2.24, 2.45) is 0 Å². The number of nitrogens with zero attached hydrogens (tertiary/aromatic N) is 4. The number of hydrogen-bond acceptors (Lipinski definition) is 5. The molecule has 0 saturated carbocycles. The lowest BCUT2D eigenvalue weighted by Crippen LogP contribution is -2.55. The highest BCUT2D eigenvalue weighted by Crippen LogP contribution is 2.12. The van der Waals surface area contributed by atoms with E-state index in [0.717, 1.165) is 5.69 Å². The molecule has 0 spiro atoms. The third-order valence-corrected chi connectivity index (χ3v) is 3.22. The quantitative estimate of drug-likeness (QED) is 0.782. The van der Waals surface area contributed by atoms with Crippen LogP contribution in [-0.2, 0) is 16.1 Å². The number of nitrogens with two attached hydrogens (primary N) is 1. The highest BCUT2D eigenvalue weighted by Gasteiger charge is 2.34. The van der Waals surface area contributed by atoms with E-state index in [1.807, 2.05) is 20.8 Å². The molecule has 0 unspecified atom stereocenters. The van der Waals surface area contributed by atoms with Crippen molar-refractivity contribution in [2.45, 2.75) is 33.4 Å². The van der Waals surface area contributed by atoms with E-state index in [-0.39, 0.29) is 12.6 Å². The van der Waals surface area contributed by atoms with Gasteiger partial charge in [-0.3, -0.25) is 9.59 Å². The van der Waals surface area contributed by atoms with Gasteiger partial charge in [-0.25, -0.2) is 9.97 Å². The fourth-order valence-corrected chi connectivity index (χ4v) is 2.23. The molecule has 2 heterocycles. The van der Waals surface area contributed by atoms with Crippen molar-refractivity contribution in [1.29, 1.82) is 0 Å². The maximum atomic E-state index is 12.1. The number of carbonyl (C=O) groups is 2. The summed E-state index contributed by atoms with van der Waals surface area (Å²) in [5.74, 6) is -0.144. The summed E-state index contributed by atoms with van der Waals surface area (Å²) in [4.78, 5) is 35.4. The van der Waals surface area contributed by atoms with Crippen LogP contribution in [0.1, 0.15) is 25.4 Å². The van der Waals surface area contributed by atoms with E-state index in [9.17, 15) is 9.59 Å². The molecule has 2 rings (SSSR count). The van der Waals surface area contributed by atoms with Gasteiger partial charge in [-0.05, 0) is 20.8 Å². The predicted molar refractivity (Wildman–Crippen MR) is 73.4 cm³/mol. The average molecular weight is 277 g/mol. The van der Waals surface area contributed by atoms with Gasteiger partial charge in [-0.2, -0.15) is 0 Å². The molecular weight excluding hydrogens is 258 g/mol. The Bertz CT molecular complexity index is 523. The molecule has 20 heavy (non-hydrogen) atoms. The van der Waals surface area contributed by atoms with Gasteiger partial charge in [0.25, 0.3) is 0 Å². The lowest BCUT2D eigenvalue weighted by atomic mass is 10.2. The van der Waals surface area contributed by atoms with Crippen LogP contribution in [0.2, 0.25) is 0 Å². The van der Waals surface area contributed by atoms with Crippen molar-refractivity contribution in [2.75, 3.05) is 18.8 Å². The van der Waals surface area contributed by atoms with Crippen LogP contribution < -0.4 is 5.73 Å². The molecule has 1 saturated heterocycles. The summed E-state index contributed by atoms with van der Waals surface area (Å²) in [5.41, 5.74) is 6.40. The van der Waals surface area contributed by atoms with Crippen molar-refractivity contribution in [3.05, 3.63) is 17.6 Å². The Hall–Kier alpha value is -2.18. The van der Waals surface area contributed by atoms with Gasteiger partial charge in [0, 0.05) is 30.9 Å². The summed E-state index contributed by atoms with van der Waals surface area (Å²) >= 11 is 0. The molecule has 2 N–H and O–H groups in total. The van der Waals surface area contributed by atoms with E-state index in [0.29, 0.717) is 24.7 Å². The predicted octanol–water partition coefficient (Wildman–Crippen LogP) is -0.0536. The number of anilines is 1. The Morgan fingerprint density at radius 1 is 1.25 bits per heavy atom. The Labute approximate surface area is 117 Å². The number of aryl methyl sites for hydroxylation is 1. The van der Waals surface area contributed by atoms with Crippen LogP contribution in [0.5, 0.6) is 0 Å². The maximum Gasteiger partial charge on any atom is 0.312 e. The largest absolute Gasteiger partial charge is 0.384 e. The van der Waals surface area contributed by atoms with Crippen LogP contribution in [-0.4, -0.2) is 50.7 Å². The summed E-state index contributed by atoms with van der Waals surface area (Å²) < 4.78 is 0.